The number of nitrogens with zero attached hydrogens (tertiary/aromatic N) is 1. The fraction of sp³-hybridized carbons (Fsp3) is 0.250. The first-order chi connectivity index (χ1) is 5.20. The van der Waals surface area contributed by atoms with Gasteiger partial charge in [0.15, 0.2) is 5.78 Å². The molecule has 0 unspecified atom stereocenters. The first-order valence-corrected chi connectivity index (χ1v) is 3.43. The lowest BCUT2D eigenvalue weighted by atomic mass is 10.4. The molecule has 0 atom stereocenters. The number of pyridine rings is 1. The minimum absolute atomic E-state index is 0.105. The van der Waals surface area contributed by atoms with Crippen LogP contribution in [-0.4, -0.2) is 5.78 Å². The normalized spacial score (nSPS) is 9.55. The summed E-state index contributed by atoms with van der Waals surface area (Å²) in [5.74, 6) is 0.718. The number of hydrogen-bond acceptors (Lipinski definition) is 2. The summed E-state index contributed by atoms with van der Waals surface area (Å²) in [6, 6.07) is 5.45. The van der Waals surface area contributed by atoms with Crippen LogP contribution in [0.15, 0.2) is 24.4 Å². The maximum Gasteiger partial charge on any atom is 0.272 e. The van der Waals surface area contributed by atoms with E-state index in [1.54, 1.807) is 23.8 Å². The minimum Gasteiger partial charge on any atom is -0.296 e. The molecule has 0 amide bonds. The van der Waals surface area contributed by atoms with Crippen molar-refractivity contribution < 1.29 is 9.36 Å². The van der Waals surface area contributed by atoms with Gasteiger partial charge in [-0.1, -0.05) is 6.07 Å². The van der Waals surface area contributed by atoms with Crippen molar-refractivity contribution in [1.29, 1.82) is 0 Å². The standard InChI is InChI=1S/C8H10N2O/c1-7(11)6-10-5-3-2-4-8(10)9/h2-5,9H,6H2,1H3/p+1. The monoisotopic (exact) mass is 151 g/mol. The Morgan fingerprint density at radius 3 is 2.91 bits per heavy atom. The van der Waals surface area contributed by atoms with Crippen molar-refractivity contribution in [2.75, 3.05) is 5.73 Å². The van der Waals surface area contributed by atoms with Crippen LogP contribution < -0.4 is 10.3 Å². The molecule has 3 heteroatoms. The van der Waals surface area contributed by atoms with E-state index in [1.165, 1.54) is 0 Å². The maximum atomic E-state index is 10.7. The van der Waals surface area contributed by atoms with E-state index in [1.807, 2.05) is 12.1 Å². The number of carbonyl (C=O) groups is 1. The fourth-order valence-electron chi connectivity index (χ4n) is 0.873. The van der Waals surface area contributed by atoms with Gasteiger partial charge in [0, 0.05) is 6.07 Å². The van der Waals surface area contributed by atoms with Crippen molar-refractivity contribution >= 4 is 11.6 Å². The first kappa shape index (κ1) is 7.72. The van der Waals surface area contributed by atoms with Crippen LogP contribution in [0.5, 0.6) is 0 Å². The van der Waals surface area contributed by atoms with Gasteiger partial charge in [-0.3, -0.25) is 10.5 Å². The second kappa shape index (κ2) is 3.14. The zero-order chi connectivity index (χ0) is 8.27. The molecule has 1 heterocycles. The first-order valence-electron chi connectivity index (χ1n) is 3.43. The van der Waals surface area contributed by atoms with Crippen LogP contribution >= 0.6 is 0 Å². The highest BCUT2D eigenvalue weighted by atomic mass is 16.1. The summed E-state index contributed by atoms with van der Waals surface area (Å²) in [6.07, 6.45) is 1.79. The van der Waals surface area contributed by atoms with E-state index in [2.05, 4.69) is 0 Å². The lowest BCUT2D eigenvalue weighted by Crippen LogP contribution is -2.39. The summed E-state index contributed by atoms with van der Waals surface area (Å²) in [5.41, 5.74) is 5.58. The molecule has 0 saturated heterocycles. The van der Waals surface area contributed by atoms with Gasteiger partial charge in [-0.2, -0.15) is 0 Å². The largest absolute Gasteiger partial charge is 0.296 e. The van der Waals surface area contributed by atoms with Gasteiger partial charge in [0.2, 0.25) is 0 Å². The van der Waals surface area contributed by atoms with Gasteiger partial charge in [-0.15, -0.1) is 0 Å². The van der Waals surface area contributed by atoms with Gasteiger partial charge < -0.3 is 0 Å². The Hall–Kier alpha value is -1.38. The van der Waals surface area contributed by atoms with Crippen LogP contribution in [0, 0.1) is 0 Å². The number of hydrogen-bond donors (Lipinski definition) is 1. The average molecular weight is 151 g/mol. The molecular weight excluding hydrogens is 140 g/mol. The summed E-state index contributed by atoms with van der Waals surface area (Å²) in [7, 11) is 0. The smallest absolute Gasteiger partial charge is 0.272 e. The van der Waals surface area contributed by atoms with Crippen molar-refractivity contribution in [1.82, 2.24) is 0 Å². The van der Waals surface area contributed by atoms with E-state index in [-0.39, 0.29) is 5.78 Å². The molecule has 3 nitrogen and oxygen atoms in total. The molecule has 1 aromatic rings. The van der Waals surface area contributed by atoms with Crippen LogP contribution in [-0.2, 0) is 11.3 Å². The summed E-state index contributed by atoms with van der Waals surface area (Å²) >= 11 is 0. The molecule has 58 valence electrons. The van der Waals surface area contributed by atoms with Gasteiger partial charge >= 0.3 is 0 Å². The van der Waals surface area contributed by atoms with E-state index in [0.29, 0.717) is 12.4 Å². The second-order valence-corrected chi connectivity index (χ2v) is 2.46. The Kier molecular flexibility index (Phi) is 2.21. The van der Waals surface area contributed by atoms with Crippen molar-refractivity contribution in [3.63, 3.8) is 0 Å². The van der Waals surface area contributed by atoms with Crippen molar-refractivity contribution in [2.24, 2.45) is 0 Å². The second-order valence-electron chi connectivity index (χ2n) is 2.46. The number of Topliss-reactive ketones (excluding diaryl/α,β-unsaturated/α-hetero) is 1. The molecule has 0 fully saturated rings. The van der Waals surface area contributed by atoms with Gasteiger partial charge in [0.25, 0.3) is 5.82 Å². The summed E-state index contributed by atoms with van der Waals surface area (Å²) < 4.78 is 1.71. The molecule has 1 rings (SSSR count). The molecule has 0 bridgehead atoms. The Bertz CT molecular complexity index is 271. The number of ketones is 1. The topological polar surface area (TPSA) is 47.0 Å². The molecule has 0 aromatic carbocycles. The lowest BCUT2D eigenvalue weighted by molar-refractivity contribution is -0.669. The van der Waals surface area contributed by atoms with Crippen LogP contribution in [0.2, 0.25) is 0 Å². The SMILES string of the molecule is CC(=O)C[n+]1ccccc1N. The maximum absolute atomic E-state index is 10.7. The molecular formula is C8H11N2O+. The Labute approximate surface area is 65.5 Å². The van der Waals surface area contributed by atoms with E-state index < -0.39 is 0 Å². The highest BCUT2D eigenvalue weighted by Gasteiger charge is 2.03. The van der Waals surface area contributed by atoms with Crippen LogP contribution in [0.3, 0.4) is 0 Å². The Morgan fingerprint density at radius 2 is 2.36 bits per heavy atom. The molecule has 0 aliphatic heterocycles. The molecule has 0 saturated carbocycles. The number of nitrogens with two attached hydrogens (primary N) is 1. The third-order valence-electron chi connectivity index (χ3n) is 1.37. The molecule has 0 radical (unpaired) electrons. The zero-order valence-corrected chi connectivity index (χ0v) is 6.45. The molecule has 11 heavy (non-hydrogen) atoms. The molecule has 0 aliphatic carbocycles. The predicted molar refractivity (Wildman–Crippen MR) is 41.7 cm³/mol. The van der Waals surface area contributed by atoms with Crippen molar-refractivity contribution in [3.05, 3.63) is 24.4 Å². The van der Waals surface area contributed by atoms with Gasteiger partial charge in [0.1, 0.15) is 6.54 Å². The number of nitrogen functional groups attached to an aromatic ring is 1. The van der Waals surface area contributed by atoms with Gasteiger partial charge in [0.05, 0.1) is 6.20 Å². The number of carbonyl (C=O) groups excluding carboxylic acids is 1. The number of anilines is 1. The highest BCUT2D eigenvalue weighted by molar-refractivity contribution is 5.73. The molecule has 0 spiro atoms. The van der Waals surface area contributed by atoms with E-state index in [9.17, 15) is 4.79 Å². The van der Waals surface area contributed by atoms with Gasteiger partial charge in [-0.05, 0) is 13.0 Å². The van der Waals surface area contributed by atoms with E-state index in [0.717, 1.165) is 0 Å². The zero-order valence-electron chi connectivity index (χ0n) is 6.45. The van der Waals surface area contributed by atoms with Crippen LogP contribution in [0.25, 0.3) is 0 Å². The van der Waals surface area contributed by atoms with Crippen molar-refractivity contribution in [3.8, 4) is 0 Å². The number of aromatic nitrogens is 1. The molecule has 0 aliphatic rings. The molecule has 1 aromatic heterocycles. The fourth-order valence-corrected chi connectivity index (χ4v) is 0.873. The van der Waals surface area contributed by atoms with Crippen LogP contribution in [0.1, 0.15) is 6.92 Å². The number of rotatable bonds is 2. The quantitative estimate of drug-likeness (QED) is 0.611. The Balaban J connectivity index is 2.86. The van der Waals surface area contributed by atoms with Gasteiger partial charge in [-0.25, -0.2) is 4.57 Å². The summed E-state index contributed by atoms with van der Waals surface area (Å²) in [6.45, 7) is 1.89. The van der Waals surface area contributed by atoms with E-state index in [4.69, 9.17) is 5.73 Å². The average Bonchev–Trinajstić information content (AvgIpc) is 1.93. The highest BCUT2D eigenvalue weighted by Crippen LogP contribution is 1.90. The van der Waals surface area contributed by atoms with E-state index >= 15 is 0 Å². The third kappa shape index (κ3) is 2.04. The van der Waals surface area contributed by atoms with Crippen molar-refractivity contribution in [2.45, 2.75) is 13.5 Å². The summed E-state index contributed by atoms with van der Waals surface area (Å²) in [4.78, 5) is 10.7. The van der Waals surface area contributed by atoms with Crippen LogP contribution in [0.4, 0.5) is 5.82 Å². The third-order valence-corrected chi connectivity index (χ3v) is 1.37. The predicted octanol–water partition coefficient (Wildman–Crippen LogP) is 0.145. The Morgan fingerprint density at radius 1 is 1.64 bits per heavy atom. The summed E-state index contributed by atoms with van der Waals surface area (Å²) in [5, 5.41) is 0. The lowest BCUT2D eigenvalue weighted by Gasteiger charge is -1.97. The minimum atomic E-state index is 0.105. The molecule has 2 N–H and O–H groups in total.